The fraction of sp³-hybridized carbons (Fsp3) is 1.00. The zero-order valence-electron chi connectivity index (χ0n) is 3.86. The number of rotatable bonds is 2. The Hall–Kier alpha value is 0.816. The molecule has 0 bridgehead atoms. The van der Waals surface area contributed by atoms with Crippen LogP contribution in [0.1, 0.15) is 6.92 Å². The molecule has 0 aliphatic heterocycles. The molecule has 0 aromatic carbocycles. The maximum absolute atomic E-state index is 4.93. The van der Waals surface area contributed by atoms with Gasteiger partial charge >= 0.3 is 47.2 Å². The van der Waals surface area contributed by atoms with Crippen molar-refractivity contribution in [2.75, 3.05) is 12.9 Å². The van der Waals surface area contributed by atoms with E-state index in [1.165, 1.54) is 0 Å². The van der Waals surface area contributed by atoms with E-state index in [0.29, 0.717) is 0 Å². The molecule has 0 saturated heterocycles. The predicted octanol–water partition coefficient (Wildman–Crippen LogP) is 1.30. The first-order valence-corrected chi connectivity index (χ1v) is 4.40. The third kappa shape index (κ3) is 4.82. The molecule has 0 heterocycles. The molecule has 1 unspecified atom stereocenters. The van der Waals surface area contributed by atoms with Crippen LogP contribution in [0.15, 0.2) is 0 Å². The molecule has 0 aliphatic carbocycles. The van der Waals surface area contributed by atoms with Gasteiger partial charge in [-0.25, -0.2) is 0 Å². The molecule has 0 aromatic rings. The minimum atomic E-state index is -0.128. The Bertz CT molecular complexity index is 54.8. The van der Waals surface area contributed by atoms with Crippen molar-refractivity contribution in [2.45, 2.75) is 6.92 Å². The summed E-state index contributed by atoms with van der Waals surface area (Å²) < 4.78 is 4.93. The molecule has 41 valence electrons. The van der Waals surface area contributed by atoms with Crippen LogP contribution in [0.5, 0.6) is 0 Å². The summed E-state index contributed by atoms with van der Waals surface area (Å²) in [5.41, 5.74) is 0. The molecule has 0 saturated carbocycles. The van der Waals surface area contributed by atoms with Crippen molar-refractivity contribution < 1.29 is 18.3 Å². The Kier molecular flexibility index (Phi) is 4.53. The monoisotopic (exact) mass is 151 g/mol. The summed E-state index contributed by atoms with van der Waals surface area (Å²) in [6, 6.07) is 0. The number of hydrogen-bond acceptors (Lipinski definition) is 1. The van der Waals surface area contributed by atoms with Crippen LogP contribution in [-0.2, 0) is 18.3 Å². The standard InChI is InChI=1S/C3H8OS.Co/c1-3-4-5-2;/h3H2,1-2H3;. The summed E-state index contributed by atoms with van der Waals surface area (Å²) in [6.45, 7) is 2.72. The summed E-state index contributed by atoms with van der Waals surface area (Å²) in [7, 11) is -0.128. The summed E-state index contributed by atoms with van der Waals surface area (Å²) in [5.74, 6) is 0. The average molecular weight is 151 g/mol. The van der Waals surface area contributed by atoms with Crippen LogP contribution >= 0.6 is 9.15 Å². The molecule has 0 N–H and O–H groups in total. The van der Waals surface area contributed by atoms with E-state index < -0.39 is 0 Å². The molecule has 0 fully saturated rings. The van der Waals surface area contributed by atoms with Crippen LogP contribution in [0.4, 0.5) is 0 Å². The minimum absolute atomic E-state index is 0.128. The van der Waals surface area contributed by atoms with Gasteiger partial charge in [0.1, 0.15) is 0 Å². The average Bonchev–Trinajstić information content (AvgIpc) is 1.35. The van der Waals surface area contributed by atoms with Gasteiger partial charge < -0.3 is 0 Å². The zero-order chi connectivity index (χ0) is 4.99. The normalized spacial score (nSPS) is 14.5. The van der Waals surface area contributed by atoms with Crippen LogP contribution in [0, 0.1) is 0 Å². The van der Waals surface area contributed by atoms with Gasteiger partial charge in [-0.1, -0.05) is 0 Å². The van der Waals surface area contributed by atoms with Crippen molar-refractivity contribution >= 4 is 9.15 Å². The second kappa shape index (κ2) is 3.99. The van der Waals surface area contributed by atoms with E-state index in [1.807, 2.05) is 13.2 Å². The van der Waals surface area contributed by atoms with E-state index in [9.17, 15) is 0 Å². The Labute approximate surface area is 47.7 Å². The van der Waals surface area contributed by atoms with Gasteiger partial charge in [0.2, 0.25) is 0 Å². The molecule has 0 spiro atoms. The quantitative estimate of drug-likeness (QED) is 0.578. The Balaban J connectivity index is 2.83. The van der Waals surface area contributed by atoms with Crippen LogP contribution in [0.3, 0.4) is 0 Å². The van der Waals surface area contributed by atoms with E-state index in [0.717, 1.165) is 6.61 Å². The molecule has 0 aliphatic rings. The van der Waals surface area contributed by atoms with E-state index in [1.54, 1.807) is 0 Å². The van der Waals surface area contributed by atoms with Crippen LogP contribution in [-0.4, -0.2) is 12.9 Å². The Morgan fingerprint density at radius 1 is 1.83 bits per heavy atom. The van der Waals surface area contributed by atoms with Crippen LogP contribution < -0.4 is 0 Å². The van der Waals surface area contributed by atoms with Crippen LogP contribution in [0.25, 0.3) is 0 Å². The van der Waals surface area contributed by atoms with Crippen molar-refractivity contribution in [3.05, 3.63) is 0 Å². The molecular formula is C3H8CoOS. The Morgan fingerprint density at radius 3 is 2.33 bits per heavy atom. The van der Waals surface area contributed by atoms with Gasteiger partial charge in [-0.2, -0.15) is 0 Å². The van der Waals surface area contributed by atoms with E-state index in [-0.39, 0.29) is 9.15 Å². The zero-order valence-corrected chi connectivity index (χ0v) is 5.71. The topological polar surface area (TPSA) is 9.23 Å². The third-order valence-electron chi connectivity index (χ3n) is 0.275. The first kappa shape index (κ1) is 6.82. The van der Waals surface area contributed by atoms with Gasteiger partial charge in [-0.05, 0) is 0 Å². The molecule has 1 atom stereocenters. The molecule has 3 heteroatoms. The molecular weight excluding hydrogens is 143 g/mol. The van der Waals surface area contributed by atoms with Crippen molar-refractivity contribution in [3.63, 3.8) is 0 Å². The fourth-order valence-electron chi connectivity index (χ4n) is 0.157. The summed E-state index contributed by atoms with van der Waals surface area (Å²) in [6.07, 6.45) is 1.92. The van der Waals surface area contributed by atoms with Gasteiger partial charge in [-0.3, -0.25) is 0 Å². The molecule has 6 heavy (non-hydrogen) atoms. The van der Waals surface area contributed by atoms with Gasteiger partial charge in [0.15, 0.2) is 0 Å². The maximum atomic E-state index is 4.93. The van der Waals surface area contributed by atoms with Crippen molar-refractivity contribution in [2.24, 2.45) is 0 Å². The molecule has 0 aromatic heterocycles. The van der Waals surface area contributed by atoms with Gasteiger partial charge in [0.05, 0.1) is 0 Å². The van der Waals surface area contributed by atoms with Gasteiger partial charge in [0, 0.05) is 0 Å². The van der Waals surface area contributed by atoms with E-state index in [2.05, 4.69) is 14.1 Å². The van der Waals surface area contributed by atoms with E-state index >= 15 is 0 Å². The second-order valence-corrected chi connectivity index (χ2v) is 3.51. The molecule has 0 radical (unpaired) electrons. The summed E-state index contributed by atoms with van der Waals surface area (Å²) >= 11 is 4.03. The summed E-state index contributed by atoms with van der Waals surface area (Å²) in [4.78, 5) is 0. The van der Waals surface area contributed by atoms with E-state index in [4.69, 9.17) is 4.18 Å². The molecule has 1 nitrogen and oxygen atoms in total. The SMILES string of the molecule is CCO[S](C)=[Co]. The number of hydrogen-bond donors (Lipinski definition) is 0. The third-order valence-corrected chi connectivity index (χ3v) is 1.19. The van der Waals surface area contributed by atoms with Crippen molar-refractivity contribution in [1.82, 2.24) is 0 Å². The van der Waals surface area contributed by atoms with Crippen LogP contribution in [0.2, 0.25) is 0 Å². The van der Waals surface area contributed by atoms with Crippen molar-refractivity contribution in [1.29, 1.82) is 0 Å². The van der Waals surface area contributed by atoms with Crippen molar-refractivity contribution in [3.8, 4) is 0 Å². The summed E-state index contributed by atoms with van der Waals surface area (Å²) in [5, 5.41) is 0. The van der Waals surface area contributed by atoms with Gasteiger partial charge in [0.25, 0.3) is 0 Å². The molecule has 0 rings (SSSR count). The molecule has 0 amide bonds. The predicted molar refractivity (Wildman–Crippen MR) is 25.1 cm³/mol. The fourth-order valence-corrected chi connectivity index (χ4v) is 0.839. The Morgan fingerprint density at radius 2 is 2.33 bits per heavy atom. The second-order valence-electron chi connectivity index (χ2n) is 0.765. The first-order chi connectivity index (χ1) is 2.77. The van der Waals surface area contributed by atoms with Gasteiger partial charge in [-0.15, -0.1) is 0 Å². The first-order valence-electron chi connectivity index (χ1n) is 1.71.